The van der Waals surface area contributed by atoms with E-state index >= 15 is 0 Å². The van der Waals surface area contributed by atoms with Crippen molar-refractivity contribution in [1.82, 2.24) is 0 Å². The standard InChI is InChI=1S/C23H23ClN2O4S/c1-16-6-4-5-7-18(16)15-26(31(3,28)29)20-11-8-17(9-12-20)23(27)25-19-10-13-22(30-2)21(24)14-19/h4-14H,15H2,1-3H3,(H,25,27). The minimum Gasteiger partial charge on any atom is -0.495 e. The molecule has 6 nitrogen and oxygen atoms in total. The number of carbonyl (C=O) groups excluding carboxylic acids is 1. The van der Waals surface area contributed by atoms with Gasteiger partial charge in [0.15, 0.2) is 0 Å². The van der Waals surface area contributed by atoms with Gasteiger partial charge in [0.2, 0.25) is 10.0 Å². The number of nitrogens with one attached hydrogen (secondary N) is 1. The summed E-state index contributed by atoms with van der Waals surface area (Å²) in [6, 6.07) is 19.0. The van der Waals surface area contributed by atoms with E-state index in [1.807, 2.05) is 31.2 Å². The van der Waals surface area contributed by atoms with Gasteiger partial charge in [0, 0.05) is 11.3 Å². The molecule has 0 heterocycles. The number of amides is 1. The first-order chi connectivity index (χ1) is 14.7. The number of aryl methyl sites for hydroxylation is 1. The van der Waals surface area contributed by atoms with Gasteiger partial charge in [-0.05, 0) is 60.5 Å². The number of ether oxygens (including phenoxy) is 1. The Morgan fingerprint density at radius 3 is 2.32 bits per heavy atom. The minimum absolute atomic E-state index is 0.210. The number of hydrogen-bond acceptors (Lipinski definition) is 4. The van der Waals surface area contributed by atoms with Gasteiger partial charge in [0.05, 0.1) is 30.6 Å². The first-order valence-electron chi connectivity index (χ1n) is 9.46. The van der Waals surface area contributed by atoms with E-state index in [1.54, 1.807) is 42.5 Å². The van der Waals surface area contributed by atoms with Crippen LogP contribution in [0.3, 0.4) is 0 Å². The highest BCUT2D eigenvalue weighted by Crippen LogP contribution is 2.28. The first-order valence-corrected chi connectivity index (χ1v) is 11.7. The van der Waals surface area contributed by atoms with E-state index in [4.69, 9.17) is 16.3 Å². The van der Waals surface area contributed by atoms with E-state index < -0.39 is 10.0 Å². The van der Waals surface area contributed by atoms with Crippen LogP contribution in [0.25, 0.3) is 0 Å². The van der Waals surface area contributed by atoms with Crippen molar-refractivity contribution in [1.29, 1.82) is 0 Å². The summed E-state index contributed by atoms with van der Waals surface area (Å²) in [6.07, 6.45) is 1.17. The van der Waals surface area contributed by atoms with E-state index in [-0.39, 0.29) is 12.5 Å². The lowest BCUT2D eigenvalue weighted by Crippen LogP contribution is -2.29. The van der Waals surface area contributed by atoms with Gasteiger partial charge in [-0.15, -0.1) is 0 Å². The molecule has 3 aromatic rings. The van der Waals surface area contributed by atoms with Crippen LogP contribution in [0.2, 0.25) is 5.02 Å². The number of methoxy groups -OCH3 is 1. The van der Waals surface area contributed by atoms with E-state index in [2.05, 4.69) is 5.32 Å². The van der Waals surface area contributed by atoms with Crippen molar-refractivity contribution in [3.05, 3.63) is 88.4 Å². The van der Waals surface area contributed by atoms with Crippen LogP contribution >= 0.6 is 11.6 Å². The fourth-order valence-corrected chi connectivity index (χ4v) is 4.20. The second kappa shape index (κ2) is 9.41. The number of benzene rings is 3. The van der Waals surface area contributed by atoms with Gasteiger partial charge in [-0.25, -0.2) is 8.42 Å². The average molecular weight is 459 g/mol. The molecule has 0 radical (unpaired) electrons. The predicted octanol–water partition coefficient (Wildman–Crippen LogP) is 4.88. The van der Waals surface area contributed by atoms with Gasteiger partial charge in [-0.2, -0.15) is 0 Å². The van der Waals surface area contributed by atoms with Crippen LogP contribution in [0.1, 0.15) is 21.5 Å². The fraction of sp³-hybridized carbons (Fsp3) is 0.174. The zero-order valence-electron chi connectivity index (χ0n) is 17.4. The quantitative estimate of drug-likeness (QED) is 0.547. The van der Waals surface area contributed by atoms with Gasteiger partial charge < -0.3 is 10.1 Å². The normalized spacial score (nSPS) is 11.1. The third-order valence-electron chi connectivity index (χ3n) is 4.80. The van der Waals surface area contributed by atoms with E-state index in [0.29, 0.717) is 27.7 Å². The minimum atomic E-state index is -3.52. The molecule has 8 heteroatoms. The summed E-state index contributed by atoms with van der Waals surface area (Å²) >= 11 is 6.10. The zero-order chi connectivity index (χ0) is 22.6. The van der Waals surface area contributed by atoms with Crippen LogP contribution in [-0.4, -0.2) is 27.7 Å². The highest BCUT2D eigenvalue weighted by molar-refractivity contribution is 7.92. The second-order valence-electron chi connectivity index (χ2n) is 7.05. The van der Waals surface area contributed by atoms with Crippen molar-refractivity contribution in [2.45, 2.75) is 13.5 Å². The third-order valence-corrected chi connectivity index (χ3v) is 6.24. The summed E-state index contributed by atoms with van der Waals surface area (Å²) in [7, 11) is -2.01. The third kappa shape index (κ3) is 5.57. The molecule has 0 fully saturated rings. The summed E-state index contributed by atoms with van der Waals surface area (Å²) in [6.45, 7) is 2.15. The summed E-state index contributed by atoms with van der Waals surface area (Å²) in [5.74, 6) is 0.177. The first kappa shape index (κ1) is 22.7. The Hall–Kier alpha value is -3.03. The van der Waals surface area contributed by atoms with Gasteiger partial charge >= 0.3 is 0 Å². The van der Waals surface area contributed by atoms with Crippen LogP contribution in [0.4, 0.5) is 11.4 Å². The molecule has 0 unspecified atom stereocenters. The molecule has 0 bridgehead atoms. The highest BCUT2D eigenvalue weighted by Gasteiger charge is 2.19. The molecule has 0 aliphatic heterocycles. The topological polar surface area (TPSA) is 75.7 Å². The maximum absolute atomic E-state index is 12.6. The molecule has 0 spiro atoms. The summed E-state index contributed by atoms with van der Waals surface area (Å²) in [5.41, 5.74) is 3.31. The number of anilines is 2. The lowest BCUT2D eigenvalue weighted by atomic mass is 10.1. The van der Waals surface area contributed by atoms with Crippen molar-refractivity contribution in [2.24, 2.45) is 0 Å². The SMILES string of the molecule is COc1ccc(NC(=O)c2ccc(N(Cc3ccccc3C)S(C)(=O)=O)cc2)cc1Cl. The van der Waals surface area contributed by atoms with E-state index in [9.17, 15) is 13.2 Å². The number of hydrogen-bond donors (Lipinski definition) is 1. The molecule has 0 aromatic heterocycles. The molecular formula is C23H23ClN2O4S. The van der Waals surface area contributed by atoms with Crippen molar-refractivity contribution in [3.63, 3.8) is 0 Å². The van der Waals surface area contributed by atoms with Crippen LogP contribution in [0.5, 0.6) is 5.75 Å². The summed E-state index contributed by atoms with van der Waals surface area (Å²) in [5, 5.41) is 3.15. The highest BCUT2D eigenvalue weighted by atomic mass is 35.5. The van der Waals surface area contributed by atoms with Gasteiger partial charge in [0.25, 0.3) is 5.91 Å². The fourth-order valence-electron chi connectivity index (χ4n) is 3.07. The molecule has 0 saturated heterocycles. The van der Waals surface area contributed by atoms with E-state index in [1.165, 1.54) is 17.7 Å². The van der Waals surface area contributed by atoms with Crippen molar-refractivity contribution in [2.75, 3.05) is 23.0 Å². The Bertz CT molecular complexity index is 1190. The number of nitrogens with zero attached hydrogens (tertiary/aromatic N) is 1. The monoisotopic (exact) mass is 458 g/mol. The Morgan fingerprint density at radius 1 is 1.06 bits per heavy atom. The molecular weight excluding hydrogens is 436 g/mol. The maximum atomic E-state index is 12.6. The van der Waals surface area contributed by atoms with Crippen LogP contribution in [0.15, 0.2) is 66.7 Å². The van der Waals surface area contributed by atoms with E-state index in [0.717, 1.165) is 11.1 Å². The largest absolute Gasteiger partial charge is 0.495 e. The molecule has 1 N–H and O–H groups in total. The smallest absolute Gasteiger partial charge is 0.255 e. The molecule has 0 aliphatic carbocycles. The number of sulfonamides is 1. The summed E-state index contributed by atoms with van der Waals surface area (Å²) in [4.78, 5) is 12.6. The Kier molecular flexibility index (Phi) is 6.87. The zero-order valence-corrected chi connectivity index (χ0v) is 19.0. The van der Waals surface area contributed by atoms with Crippen molar-refractivity contribution in [3.8, 4) is 5.75 Å². The number of halogens is 1. The van der Waals surface area contributed by atoms with Crippen LogP contribution in [-0.2, 0) is 16.6 Å². The second-order valence-corrected chi connectivity index (χ2v) is 9.36. The molecule has 0 aliphatic rings. The molecule has 1 amide bonds. The van der Waals surface area contributed by atoms with Crippen molar-refractivity contribution >= 4 is 38.9 Å². The van der Waals surface area contributed by atoms with Crippen LogP contribution in [0, 0.1) is 6.92 Å². The lowest BCUT2D eigenvalue weighted by molar-refractivity contribution is 0.102. The molecule has 3 aromatic carbocycles. The van der Waals surface area contributed by atoms with Gasteiger partial charge in [-0.3, -0.25) is 9.10 Å². The maximum Gasteiger partial charge on any atom is 0.255 e. The lowest BCUT2D eigenvalue weighted by Gasteiger charge is -2.23. The van der Waals surface area contributed by atoms with Crippen molar-refractivity contribution < 1.29 is 17.9 Å². The molecule has 0 atom stereocenters. The Labute approximate surface area is 187 Å². The molecule has 162 valence electrons. The van der Waals surface area contributed by atoms with Crippen LogP contribution < -0.4 is 14.4 Å². The van der Waals surface area contributed by atoms with Gasteiger partial charge in [0.1, 0.15) is 5.75 Å². The molecule has 0 saturated carbocycles. The molecule has 3 rings (SSSR count). The summed E-state index contributed by atoms with van der Waals surface area (Å²) < 4.78 is 31.3. The number of carbonyl (C=O) groups is 1. The number of rotatable bonds is 7. The predicted molar refractivity (Wildman–Crippen MR) is 125 cm³/mol. The Balaban J connectivity index is 1.80. The molecule has 31 heavy (non-hydrogen) atoms. The van der Waals surface area contributed by atoms with Gasteiger partial charge in [-0.1, -0.05) is 35.9 Å². The average Bonchev–Trinajstić information content (AvgIpc) is 2.72. The Morgan fingerprint density at radius 2 is 1.74 bits per heavy atom.